The molecule has 5 heteroatoms. The molecule has 3 rings (SSSR count). The molecule has 0 aromatic heterocycles. The lowest BCUT2D eigenvalue weighted by atomic mass is 10.1. The molecule has 0 bridgehead atoms. The monoisotopic (exact) mass is 354 g/mol. The fraction of sp³-hybridized carbons (Fsp3) is 0.381. The second-order valence-corrected chi connectivity index (χ2v) is 6.59. The SMILES string of the molecule is COc1cc(CNc2ccc(C)c(C(=O)N3CCOCC3)c2)ccc1C. The van der Waals surface area contributed by atoms with Crippen molar-refractivity contribution in [2.75, 3.05) is 38.7 Å². The molecule has 26 heavy (non-hydrogen) atoms. The Morgan fingerprint density at radius 3 is 2.58 bits per heavy atom. The third kappa shape index (κ3) is 4.17. The van der Waals surface area contributed by atoms with Crippen molar-refractivity contribution >= 4 is 11.6 Å². The number of rotatable bonds is 5. The molecule has 138 valence electrons. The first-order chi connectivity index (χ1) is 12.6. The molecule has 0 atom stereocenters. The first-order valence-electron chi connectivity index (χ1n) is 8.93. The Balaban J connectivity index is 1.72. The number of nitrogens with one attached hydrogen (secondary N) is 1. The number of hydrogen-bond donors (Lipinski definition) is 1. The highest BCUT2D eigenvalue weighted by atomic mass is 16.5. The Bertz CT molecular complexity index is 783. The van der Waals surface area contributed by atoms with Crippen molar-refractivity contribution in [3.63, 3.8) is 0 Å². The summed E-state index contributed by atoms with van der Waals surface area (Å²) < 4.78 is 10.7. The predicted molar refractivity (Wildman–Crippen MR) is 103 cm³/mol. The van der Waals surface area contributed by atoms with Crippen LogP contribution in [0.2, 0.25) is 0 Å². The number of carbonyl (C=O) groups excluding carboxylic acids is 1. The molecule has 2 aromatic rings. The number of benzene rings is 2. The van der Waals surface area contributed by atoms with E-state index in [0.717, 1.165) is 33.7 Å². The van der Waals surface area contributed by atoms with Gasteiger partial charge in [-0.15, -0.1) is 0 Å². The van der Waals surface area contributed by atoms with Gasteiger partial charge in [-0.1, -0.05) is 18.2 Å². The van der Waals surface area contributed by atoms with Gasteiger partial charge in [0.1, 0.15) is 5.75 Å². The van der Waals surface area contributed by atoms with Crippen LogP contribution >= 0.6 is 0 Å². The molecule has 1 amide bonds. The number of hydrogen-bond acceptors (Lipinski definition) is 4. The Labute approximate surface area is 154 Å². The zero-order valence-electron chi connectivity index (χ0n) is 15.7. The standard InChI is InChI=1S/C21H26N2O3/c1-15-5-7-18(13-19(15)21(24)23-8-10-26-11-9-23)22-14-17-6-4-16(2)20(12-17)25-3/h4-7,12-13,22H,8-11,14H2,1-3H3. The van der Waals surface area contributed by atoms with Crippen molar-refractivity contribution in [3.8, 4) is 5.75 Å². The zero-order valence-corrected chi connectivity index (χ0v) is 15.7. The van der Waals surface area contributed by atoms with E-state index >= 15 is 0 Å². The third-order valence-corrected chi connectivity index (χ3v) is 4.74. The lowest BCUT2D eigenvalue weighted by Crippen LogP contribution is -2.40. The van der Waals surface area contributed by atoms with E-state index in [0.29, 0.717) is 32.8 Å². The van der Waals surface area contributed by atoms with Gasteiger partial charge in [-0.2, -0.15) is 0 Å². The summed E-state index contributed by atoms with van der Waals surface area (Å²) in [4.78, 5) is 14.7. The van der Waals surface area contributed by atoms with Gasteiger partial charge in [0.05, 0.1) is 20.3 Å². The topological polar surface area (TPSA) is 50.8 Å². The number of carbonyl (C=O) groups is 1. The van der Waals surface area contributed by atoms with Gasteiger partial charge in [0.2, 0.25) is 0 Å². The van der Waals surface area contributed by atoms with Crippen LogP contribution in [0.3, 0.4) is 0 Å². The van der Waals surface area contributed by atoms with E-state index in [4.69, 9.17) is 9.47 Å². The summed E-state index contributed by atoms with van der Waals surface area (Å²) in [6, 6.07) is 12.1. The molecule has 1 saturated heterocycles. The molecule has 2 aromatic carbocycles. The normalized spacial score (nSPS) is 14.2. The number of anilines is 1. The van der Waals surface area contributed by atoms with Crippen molar-refractivity contribution in [3.05, 3.63) is 58.7 Å². The lowest BCUT2D eigenvalue weighted by molar-refractivity contribution is 0.0302. The largest absolute Gasteiger partial charge is 0.496 e. The molecule has 1 heterocycles. The van der Waals surface area contributed by atoms with Crippen molar-refractivity contribution in [1.82, 2.24) is 4.90 Å². The van der Waals surface area contributed by atoms with Crippen molar-refractivity contribution < 1.29 is 14.3 Å². The van der Waals surface area contributed by atoms with Crippen molar-refractivity contribution in [2.45, 2.75) is 20.4 Å². The van der Waals surface area contributed by atoms with Crippen LogP contribution in [0.15, 0.2) is 36.4 Å². The van der Waals surface area contributed by atoms with Crippen LogP contribution in [-0.4, -0.2) is 44.2 Å². The molecule has 5 nitrogen and oxygen atoms in total. The number of nitrogens with zero attached hydrogens (tertiary/aromatic N) is 1. The molecule has 0 saturated carbocycles. The van der Waals surface area contributed by atoms with Crippen LogP contribution in [-0.2, 0) is 11.3 Å². The molecule has 1 N–H and O–H groups in total. The molecule has 0 spiro atoms. The van der Waals surface area contributed by atoms with Crippen LogP contribution in [0.25, 0.3) is 0 Å². The Morgan fingerprint density at radius 1 is 1.12 bits per heavy atom. The van der Waals surface area contributed by atoms with Crippen LogP contribution in [0.5, 0.6) is 5.75 Å². The highest BCUT2D eigenvalue weighted by Crippen LogP contribution is 2.21. The van der Waals surface area contributed by atoms with E-state index in [9.17, 15) is 4.79 Å². The first kappa shape index (κ1) is 18.3. The number of amides is 1. The molecular formula is C21H26N2O3. The molecule has 0 unspecified atom stereocenters. The van der Waals surface area contributed by atoms with Gasteiger partial charge in [0.15, 0.2) is 0 Å². The van der Waals surface area contributed by atoms with E-state index in [1.807, 2.05) is 43.0 Å². The third-order valence-electron chi connectivity index (χ3n) is 4.74. The minimum atomic E-state index is 0.0754. The van der Waals surface area contributed by atoms with Crippen LogP contribution in [0, 0.1) is 13.8 Å². The number of methoxy groups -OCH3 is 1. The van der Waals surface area contributed by atoms with Gasteiger partial charge in [0.25, 0.3) is 5.91 Å². The molecule has 1 aliphatic heterocycles. The van der Waals surface area contributed by atoms with Gasteiger partial charge < -0.3 is 19.7 Å². The molecule has 1 aliphatic rings. The number of morpholine rings is 1. The fourth-order valence-electron chi connectivity index (χ4n) is 3.08. The first-order valence-corrected chi connectivity index (χ1v) is 8.93. The molecule has 0 radical (unpaired) electrons. The van der Waals surface area contributed by atoms with E-state index in [-0.39, 0.29) is 5.91 Å². The van der Waals surface area contributed by atoms with Crippen LogP contribution in [0.1, 0.15) is 27.0 Å². The minimum Gasteiger partial charge on any atom is -0.496 e. The fourth-order valence-corrected chi connectivity index (χ4v) is 3.08. The predicted octanol–water partition coefficient (Wildman–Crippen LogP) is 3.40. The van der Waals surface area contributed by atoms with Gasteiger partial charge in [0, 0.05) is 30.9 Å². The van der Waals surface area contributed by atoms with Crippen LogP contribution < -0.4 is 10.1 Å². The Morgan fingerprint density at radius 2 is 1.85 bits per heavy atom. The second kappa shape index (κ2) is 8.23. The van der Waals surface area contributed by atoms with Gasteiger partial charge >= 0.3 is 0 Å². The molecular weight excluding hydrogens is 328 g/mol. The van der Waals surface area contributed by atoms with E-state index in [1.54, 1.807) is 7.11 Å². The quantitative estimate of drug-likeness (QED) is 0.894. The lowest BCUT2D eigenvalue weighted by Gasteiger charge is -2.27. The highest BCUT2D eigenvalue weighted by molar-refractivity contribution is 5.96. The van der Waals surface area contributed by atoms with Gasteiger partial charge in [-0.05, 0) is 48.7 Å². The highest BCUT2D eigenvalue weighted by Gasteiger charge is 2.20. The average molecular weight is 354 g/mol. The molecule has 1 fully saturated rings. The summed E-state index contributed by atoms with van der Waals surface area (Å²) in [5.74, 6) is 0.961. The zero-order chi connectivity index (χ0) is 18.5. The number of ether oxygens (including phenoxy) is 2. The smallest absolute Gasteiger partial charge is 0.254 e. The van der Waals surface area contributed by atoms with E-state index < -0.39 is 0 Å². The van der Waals surface area contributed by atoms with Gasteiger partial charge in [-0.25, -0.2) is 0 Å². The van der Waals surface area contributed by atoms with Crippen molar-refractivity contribution in [1.29, 1.82) is 0 Å². The van der Waals surface area contributed by atoms with Crippen LogP contribution in [0.4, 0.5) is 5.69 Å². The van der Waals surface area contributed by atoms with Gasteiger partial charge in [-0.3, -0.25) is 4.79 Å². The van der Waals surface area contributed by atoms with E-state index in [1.165, 1.54) is 0 Å². The summed E-state index contributed by atoms with van der Waals surface area (Å²) in [5, 5.41) is 3.41. The summed E-state index contributed by atoms with van der Waals surface area (Å²) in [5.41, 5.74) is 4.92. The Hall–Kier alpha value is -2.53. The maximum Gasteiger partial charge on any atom is 0.254 e. The minimum absolute atomic E-state index is 0.0754. The number of aryl methyl sites for hydroxylation is 2. The van der Waals surface area contributed by atoms with Crippen molar-refractivity contribution in [2.24, 2.45) is 0 Å². The maximum atomic E-state index is 12.8. The summed E-state index contributed by atoms with van der Waals surface area (Å²) in [6.07, 6.45) is 0. The summed E-state index contributed by atoms with van der Waals surface area (Å²) in [7, 11) is 1.68. The second-order valence-electron chi connectivity index (χ2n) is 6.59. The average Bonchev–Trinajstić information content (AvgIpc) is 2.68. The maximum absolute atomic E-state index is 12.8. The van der Waals surface area contributed by atoms with E-state index in [2.05, 4.69) is 17.4 Å². The Kier molecular flexibility index (Phi) is 5.78. The summed E-state index contributed by atoms with van der Waals surface area (Å²) >= 11 is 0. The summed E-state index contributed by atoms with van der Waals surface area (Å²) in [6.45, 7) is 7.20. The molecule has 0 aliphatic carbocycles.